The van der Waals surface area contributed by atoms with Gasteiger partial charge in [-0.25, -0.2) is 9.50 Å². The first-order valence-corrected chi connectivity index (χ1v) is 9.41. The van der Waals surface area contributed by atoms with Crippen molar-refractivity contribution in [1.29, 1.82) is 5.26 Å². The van der Waals surface area contributed by atoms with Gasteiger partial charge >= 0.3 is 0 Å². The molecule has 0 aromatic carbocycles. The maximum atomic E-state index is 12.6. The minimum atomic E-state index is -0.717. The van der Waals surface area contributed by atoms with Gasteiger partial charge in [-0.2, -0.15) is 10.2 Å². The summed E-state index contributed by atoms with van der Waals surface area (Å²) >= 11 is 1.29. The van der Waals surface area contributed by atoms with Crippen molar-refractivity contribution in [3.8, 4) is 6.07 Å². The smallest absolute Gasteiger partial charge is 0.253 e. The third-order valence-corrected chi connectivity index (χ3v) is 5.49. The Labute approximate surface area is 151 Å². The molecule has 1 atom stereocenters. The Bertz CT molecular complexity index is 834. The fourth-order valence-electron chi connectivity index (χ4n) is 3.17. The number of fused-ring (bicyclic) bond motifs is 1. The zero-order chi connectivity index (χ0) is 18.0. The van der Waals surface area contributed by atoms with Crippen molar-refractivity contribution in [2.45, 2.75) is 68.8 Å². The zero-order valence-electron chi connectivity index (χ0n) is 14.7. The van der Waals surface area contributed by atoms with E-state index in [1.54, 1.807) is 4.52 Å². The van der Waals surface area contributed by atoms with Gasteiger partial charge in [-0.3, -0.25) is 4.79 Å². The molecule has 1 N–H and O–H groups in total. The van der Waals surface area contributed by atoms with E-state index < -0.39 is 5.54 Å². The van der Waals surface area contributed by atoms with Gasteiger partial charge in [0.1, 0.15) is 5.54 Å². The number of carbonyl (C=O) groups is 1. The first-order chi connectivity index (χ1) is 11.9. The Morgan fingerprint density at radius 1 is 1.36 bits per heavy atom. The molecular weight excluding hydrogens is 336 g/mol. The van der Waals surface area contributed by atoms with Crippen LogP contribution in [0.1, 0.15) is 50.4 Å². The number of hydrogen-bond donors (Lipinski definition) is 1. The summed E-state index contributed by atoms with van der Waals surface area (Å²) in [6.07, 6.45) is 4.53. The largest absolute Gasteiger partial charge is 0.337 e. The van der Waals surface area contributed by atoms with Crippen LogP contribution in [0.3, 0.4) is 0 Å². The Kier molecular flexibility index (Phi) is 4.95. The Morgan fingerprint density at radius 3 is 2.76 bits per heavy atom. The monoisotopic (exact) mass is 358 g/mol. The highest BCUT2D eigenvalue weighted by Gasteiger charge is 2.35. The molecule has 1 fully saturated rings. The first kappa shape index (κ1) is 17.7. The second kappa shape index (κ2) is 7.00. The molecule has 8 heteroatoms. The lowest BCUT2D eigenvalue weighted by Crippen LogP contribution is -2.50. The van der Waals surface area contributed by atoms with Gasteiger partial charge in [-0.15, -0.1) is 5.10 Å². The second-order valence-corrected chi connectivity index (χ2v) is 7.96. The van der Waals surface area contributed by atoms with Crippen LogP contribution < -0.4 is 5.32 Å². The Morgan fingerprint density at radius 2 is 2.08 bits per heavy atom. The van der Waals surface area contributed by atoms with Crippen LogP contribution in [0.5, 0.6) is 0 Å². The van der Waals surface area contributed by atoms with E-state index in [2.05, 4.69) is 26.5 Å². The molecule has 2 aromatic rings. The topological polar surface area (TPSA) is 96.0 Å². The lowest BCUT2D eigenvalue weighted by Gasteiger charge is -2.32. The number of nitriles is 1. The summed E-state index contributed by atoms with van der Waals surface area (Å²) in [6.45, 7) is 5.67. The molecule has 7 nitrogen and oxygen atoms in total. The molecule has 3 rings (SSSR count). The number of amides is 1. The van der Waals surface area contributed by atoms with Gasteiger partial charge in [-0.1, -0.05) is 31.0 Å². The maximum absolute atomic E-state index is 12.6. The molecule has 132 valence electrons. The van der Waals surface area contributed by atoms with E-state index in [1.807, 2.05) is 26.8 Å². The highest BCUT2D eigenvalue weighted by Crippen LogP contribution is 2.29. The SMILES string of the molecule is Cc1cc(C)n2nc(SC(C)C(=O)NC3(C#N)CCCCC3)nc2n1. The fraction of sp³-hybridized carbons (Fsp3) is 0.588. The molecule has 1 saturated carbocycles. The van der Waals surface area contributed by atoms with E-state index in [1.165, 1.54) is 11.8 Å². The molecule has 1 amide bonds. The van der Waals surface area contributed by atoms with E-state index in [4.69, 9.17) is 0 Å². The van der Waals surface area contributed by atoms with Crippen molar-refractivity contribution in [1.82, 2.24) is 24.9 Å². The Hall–Kier alpha value is -2.14. The number of hydrogen-bond acceptors (Lipinski definition) is 6. The van der Waals surface area contributed by atoms with E-state index in [0.29, 0.717) is 10.9 Å². The molecule has 2 aromatic heterocycles. The molecule has 25 heavy (non-hydrogen) atoms. The quantitative estimate of drug-likeness (QED) is 0.844. The van der Waals surface area contributed by atoms with E-state index in [-0.39, 0.29) is 11.2 Å². The zero-order valence-corrected chi connectivity index (χ0v) is 15.6. The van der Waals surface area contributed by atoms with E-state index in [9.17, 15) is 10.1 Å². The van der Waals surface area contributed by atoms with Crippen LogP contribution in [-0.4, -0.2) is 36.3 Å². The van der Waals surface area contributed by atoms with Crippen LogP contribution in [0, 0.1) is 25.2 Å². The van der Waals surface area contributed by atoms with Crippen molar-refractivity contribution >= 4 is 23.4 Å². The maximum Gasteiger partial charge on any atom is 0.253 e. The van der Waals surface area contributed by atoms with Crippen molar-refractivity contribution in [2.24, 2.45) is 0 Å². The molecule has 1 aliphatic rings. The predicted molar refractivity (Wildman–Crippen MR) is 95.1 cm³/mol. The average molecular weight is 358 g/mol. The summed E-state index contributed by atoms with van der Waals surface area (Å²) in [4.78, 5) is 21.3. The van der Waals surface area contributed by atoms with Crippen molar-refractivity contribution < 1.29 is 4.79 Å². The molecule has 0 spiro atoms. The summed E-state index contributed by atoms with van der Waals surface area (Å²) in [5.74, 6) is 0.390. The molecular formula is C17H22N6OS. The normalized spacial score (nSPS) is 17.8. The third-order valence-electron chi connectivity index (χ3n) is 4.53. The number of aromatic nitrogens is 4. The van der Waals surface area contributed by atoms with E-state index >= 15 is 0 Å². The average Bonchev–Trinajstić information content (AvgIpc) is 2.98. The third kappa shape index (κ3) is 3.76. The number of thioether (sulfide) groups is 1. The number of nitrogens with one attached hydrogen (secondary N) is 1. The lowest BCUT2D eigenvalue weighted by molar-refractivity contribution is -0.121. The van der Waals surface area contributed by atoms with Gasteiger partial charge in [0.2, 0.25) is 11.1 Å². The minimum absolute atomic E-state index is 0.145. The van der Waals surface area contributed by atoms with Crippen LogP contribution in [0.2, 0.25) is 0 Å². The van der Waals surface area contributed by atoms with Crippen LogP contribution in [0.25, 0.3) is 5.78 Å². The molecule has 0 bridgehead atoms. The summed E-state index contributed by atoms with van der Waals surface area (Å²) < 4.78 is 1.68. The number of nitrogens with zero attached hydrogens (tertiary/aromatic N) is 5. The van der Waals surface area contributed by atoms with Gasteiger partial charge in [-0.05, 0) is 39.7 Å². The van der Waals surface area contributed by atoms with Gasteiger partial charge in [0.25, 0.3) is 5.78 Å². The first-order valence-electron chi connectivity index (χ1n) is 8.53. The molecule has 0 radical (unpaired) electrons. The van der Waals surface area contributed by atoms with Crippen LogP contribution >= 0.6 is 11.8 Å². The number of aryl methyl sites for hydroxylation is 2. The summed E-state index contributed by atoms with van der Waals surface area (Å²) in [7, 11) is 0. The standard InChI is InChI=1S/C17H22N6OS/c1-11-9-12(2)23-15(19-11)20-16(22-23)25-13(3)14(24)21-17(10-18)7-5-4-6-8-17/h9,13H,4-8H2,1-3H3,(H,21,24). The summed E-state index contributed by atoms with van der Waals surface area (Å²) in [6, 6.07) is 4.25. The van der Waals surface area contributed by atoms with Crippen LogP contribution in [-0.2, 0) is 4.79 Å². The molecule has 2 heterocycles. The second-order valence-electron chi connectivity index (χ2n) is 6.65. The fourth-order valence-corrected chi connectivity index (χ4v) is 3.91. The van der Waals surface area contributed by atoms with Gasteiger partial charge in [0.15, 0.2) is 0 Å². The van der Waals surface area contributed by atoms with Crippen molar-refractivity contribution in [3.63, 3.8) is 0 Å². The Balaban J connectivity index is 1.71. The van der Waals surface area contributed by atoms with Gasteiger partial charge in [0, 0.05) is 11.4 Å². The van der Waals surface area contributed by atoms with Crippen molar-refractivity contribution in [3.05, 3.63) is 17.5 Å². The van der Waals surface area contributed by atoms with E-state index in [0.717, 1.165) is 43.5 Å². The lowest BCUT2D eigenvalue weighted by atomic mass is 9.83. The molecule has 0 aliphatic heterocycles. The highest BCUT2D eigenvalue weighted by atomic mass is 32.2. The van der Waals surface area contributed by atoms with Gasteiger partial charge < -0.3 is 5.32 Å². The number of rotatable bonds is 4. The highest BCUT2D eigenvalue weighted by molar-refractivity contribution is 8.00. The molecule has 1 unspecified atom stereocenters. The molecule has 0 saturated heterocycles. The van der Waals surface area contributed by atoms with Crippen LogP contribution in [0.4, 0.5) is 0 Å². The van der Waals surface area contributed by atoms with Crippen LogP contribution in [0.15, 0.2) is 11.2 Å². The minimum Gasteiger partial charge on any atom is -0.337 e. The predicted octanol–water partition coefficient (Wildman–Crippen LogP) is 2.56. The summed E-state index contributed by atoms with van der Waals surface area (Å²) in [5, 5.41) is 17.0. The van der Waals surface area contributed by atoms with Gasteiger partial charge in [0.05, 0.1) is 11.3 Å². The molecule has 1 aliphatic carbocycles. The number of carbonyl (C=O) groups excluding carboxylic acids is 1. The van der Waals surface area contributed by atoms with Crippen molar-refractivity contribution in [2.75, 3.05) is 0 Å². The summed E-state index contributed by atoms with van der Waals surface area (Å²) in [5.41, 5.74) is 1.11.